The van der Waals surface area contributed by atoms with Gasteiger partial charge in [0.2, 0.25) is 0 Å². The van der Waals surface area contributed by atoms with Crippen LogP contribution in [-0.2, 0) is 16.4 Å². The first-order valence-electron chi connectivity index (χ1n) is 6.21. The van der Waals surface area contributed by atoms with Crippen molar-refractivity contribution in [3.8, 4) is 11.5 Å². The fourth-order valence-corrected chi connectivity index (χ4v) is 3.92. The molecule has 0 radical (unpaired) electrons. The molecule has 1 fully saturated rings. The summed E-state index contributed by atoms with van der Waals surface area (Å²) < 4.78 is 28.1. The van der Waals surface area contributed by atoms with Crippen molar-refractivity contribution in [3.63, 3.8) is 0 Å². The molecule has 1 saturated heterocycles. The molecule has 1 aliphatic rings. The lowest BCUT2D eigenvalue weighted by Gasteiger charge is -2.33. The first-order chi connectivity index (χ1) is 8.91. The first kappa shape index (κ1) is 14.1. The molecule has 1 heterocycles. The van der Waals surface area contributed by atoms with Gasteiger partial charge in [-0.05, 0) is 13.0 Å². The molecule has 0 aromatic heterocycles. The molecule has 6 heteroatoms. The molecule has 0 aliphatic carbocycles. The number of hydrogen-bond donors (Lipinski definition) is 1. The molecule has 5 nitrogen and oxygen atoms in total. The van der Waals surface area contributed by atoms with Crippen LogP contribution in [-0.4, -0.2) is 49.6 Å². The highest BCUT2D eigenvalue weighted by molar-refractivity contribution is 7.91. The molecule has 0 amide bonds. The standard InChI is InChI=1S/C13H19NO4S/c1-10-9-19(16,17)6-5-14(10)8-11-3-4-12(18-2)7-13(11)15/h3-4,7,10,15H,5-6,8-9H2,1-2H3. The summed E-state index contributed by atoms with van der Waals surface area (Å²) in [6.45, 7) is 2.96. The lowest BCUT2D eigenvalue weighted by Crippen LogP contribution is -2.46. The Hall–Kier alpha value is -1.27. The number of phenolic OH excluding ortho intramolecular Hbond substituents is 1. The Bertz CT molecular complexity index is 556. The summed E-state index contributed by atoms with van der Waals surface area (Å²) in [5.41, 5.74) is 0.784. The van der Waals surface area contributed by atoms with E-state index < -0.39 is 9.84 Å². The molecule has 19 heavy (non-hydrogen) atoms. The molecule has 1 unspecified atom stereocenters. The zero-order valence-corrected chi connectivity index (χ0v) is 12.0. The number of benzene rings is 1. The van der Waals surface area contributed by atoms with Crippen molar-refractivity contribution >= 4 is 9.84 Å². The van der Waals surface area contributed by atoms with Crippen LogP contribution in [0.25, 0.3) is 0 Å². The van der Waals surface area contributed by atoms with E-state index in [9.17, 15) is 13.5 Å². The van der Waals surface area contributed by atoms with Crippen molar-refractivity contribution in [1.29, 1.82) is 0 Å². The molecule has 0 spiro atoms. The number of phenols is 1. The molecule has 0 bridgehead atoms. The van der Waals surface area contributed by atoms with E-state index in [2.05, 4.69) is 4.90 Å². The van der Waals surface area contributed by atoms with Crippen molar-refractivity contribution in [2.75, 3.05) is 25.2 Å². The van der Waals surface area contributed by atoms with E-state index in [1.165, 1.54) is 0 Å². The molecule has 1 atom stereocenters. The SMILES string of the molecule is COc1ccc(CN2CCS(=O)(=O)CC2C)c(O)c1. The molecule has 1 N–H and O–H groups in total. The maximum atomic E-state index is 11.5. The van der Waals surface area contributed by atoms with Crippen LogP contribution in [0.4, 0.5) is 0 Å². The molecule has 1 aliphatic heterocycles. The number of sulfone groups is 1. The zero-order valence-electron chi connectivity index (χ0n) is 11.2. The van der Waals surface area contributed by atoms with Gasteiger partial charge in [-0.1, -0.05) is 6.07 Å². The average molecular weight is 285 g/mol. The Kier molecular flexibility index (Phi) is 4.01. The van der Waals surface area contributed by atoms with E-state index in [1.807, 2.05) is 13.0 Å². The summed E-state index contributed by atoms with van der Waals surface area (Å²) in [7, 11) is -1.35. The van der Waals surface area contributed by atoms with Gasteiger partial charge < -0.3 is 9.84 Å². The first-order valence-corrected chi connectivity index (χ1v) is 8.04. The lowest BCUT2D eigenvalue weighted by molar-refractivity contribution is 0.215. The molecule has 106 valence electrons. The maximum absolute atomic E-state index is 11.5. The number of rotatable bonds is 3. The van der Waals surface area contributed by atoms with Crippen molar-refractivity contribution < 1.29 is 18.3 Å². The van der Waals surface area contributed by atoms with Gasteiger partial charge in [0.15, 0.2) is 9.84 Å². The second-order valence-corrected chi connectivity index (χ2v) is 7.16. The normalized spacial score (nSPS) is 23.2. The summed E-state index contributed by atoms with van der Waals surface area (Å²) in [6.07, 6.45) is 0. The van der Waals surface area contributed by atoms with Crippen molar-refractivity contribution in [1.82, 2.24) is 4.90 Å². The molecule has 1 aromatic rings. The minimum absolute atomic E-state index is 0.0275. The van der Waals surface area contributed by atoms with Crippen LogP contribution in [0, 0.1) is 0 Å². The summed E-state index contributed by atoms with van der Waals surface area (Å²) in [5.74, 6) is 1.16. The summed E-state index contributed by atoms with van der Waals surface area (Å²) in [4.78, 5) is 2.07. The predicted octanol–water partition coefficient (Wildman–Crippen LogP) is 1.02. The molecular formula is C13H19NO4S. The van der Waals surface area contributed by atoms with Gasteiger partial charge in [0, 0.05) is 30.8 Å². The molecule has 2 rings (SSSR count). The van der Waals surface area contributed by atoms with Crippen LogP contribution in [0.2, 0.25) is 0 Å². The second-order valence-electron chi connectivity index (χ2n) is 4.93. The van der Waals surface area contributed by atoms with Gasteiger partial charge in [0.1, 0.15) is 11.5 Å². The van der Waals surface area contributed by atoms with Crippen LogP contribution in [0.15, 0.2) is 18.2 Å². The Morgan fingerprint density at radius 3 is 2.79 bits per heavy atom. The fraction of sp³-hybridized carbons (Fsp3) is 0.538. The van der Waals surface area contributed by atoms with Crippen LogP contribution >= 0.6 is 0 Å². The van der Waals surface area contributed by atoms with E-state index in [-0.39, 0.29) is 23.3 Å². The van der Waals surface area contributed by atoms with E-state index in [0.717, 1.165) is 5.56 Å². The summed E-state index contributed by atoms with van der Waals surface area (Å²) >= 11 is 0. The number of nitrogens with zero attached hydrogens (tertiary/aromatic N) is 1. The summed E-state index contributed by atoms with van der Waals surface area (Å²) in [6, 6.07) is 5.14. The highest BCUT2D eigenvalue weighted by atomic mass is 32.2. The molecule has 1 aromatic carbocycles. The zero-order chi connectivity index (χ0) is 14.0. The van der Waals surface area contributed by atoms with Crippen LogP contribution < -0.4 is 4.74 Å². The highest BCUT2D eigenvalue weighted by Crippen LogP contribution is 2.26. The quantitative estimate of drug-likeness (QED) is 0.898. The van der Waals surface area contributed by atoms with Gasteiger partial charge >= 0.3 is 0 Å². The number of aromatic hydroxyl groups is 1. The molecule has 0 saturated carbocycles. The highest BCUT2D eigenvalue weighted by Gasteiger charge is 2.28. The Labute approximate surface area is 113 Å². The minimum atomic E-state index is -2.90. The van der Waals surface area contributed by atoms with E-state index in [1.54, 1.807) is 19.2 Å². The van der Waals surface area contributed by atoms with Gasteiger partial charge in [-0.2, -0.15) is 0 Å². The van der Waals surface area contributed by atoms with Crippen molar-refractivity contribution in [2.45, 2.75) is 19.5 Å². The summed E-state index contributed by atoms with van der Waals surface area (Å²) in [5, 5.41) is 9.92. The number of hydrogen-bond acceptors (Lipinski definition) is 5. The van der Waals surface area contributed by atoms with Crippen LogP contribution in [0.3, 0.4) is 0 Å². The third-order valence-electron chi connectivity index (χ3n) is 3.47. The smallest absolute Gasteiger partial charge is 0.153 e. The largest absolute Gasteiger partial charge is 0.507 e. The number of ether oxygens (including phenoxy) is 1. The second kappa shape index (κ2) is 5.38. The van der Waals surface area contributed by atoms with E-state index >= 15 is 0 Å². The van der Waals surface area contributed by atoms with Crippen LogP contribution in [0.1, 0.15) is 12.5 Å². The Morgan fingerprint density at radius 1 is 1.47 bits per heavy atom. The van der Waals surface area contributed by atoms with Gasteiger partial charge in [0.25, 0.3) is 0 Å². The fourth-order valence-electron chi connectivity index (χ4n) is 2.29. The third kappa shape index (κ3) is 3.39. The monoisotopic (exact) mass is 285 g/mol. The molecular weight excluding hydrogens is 266 g/mol. The predicted molar refractivity (Wildman–Crippen MR) is 73.2 cm³/mol. The maximum Gasteiger partial charge on any atom is 0.153 e. The van der Waals surface area contributed by atoms with Crippen molar-refractivity contribution in [3.05, 3.63) is 23.8 Å². The van der Waals surface area contributed by atoms with Gasteiger partial charge in [-0.15, -0.1) is 0 Å². The Morgan fingerprint density at radius 2 is 2.21 bits per heavy atom. The Balaban J connectivity index is 2.09. The van der Waals surface area contributed by atoms with Crippen LogP contribution in [0.5, 0.6) is 11.5 Å². The minimum Gasteiger partial charge on any atom is -0.507 e. The number of methoxy groups -OCH3 is 1. The van der Waals surface area contributed by atoms with Gasteiger partial charge in [0.05, 0.1) is 18.6 Å². The van der Waals surface area contributed by atoms with Crippen molar-refractivity contribution in [2.24, 2.45) is 0 Å². The van der Waals surface area contributed by atoms with Gasteiger partial charge in [-0.25, -0.2) is 8.42 Å². The third-order valence-corrected chi connectivity index (χ3v) is 5.27. The topological polar surface area (TPSA) is 66.8 Å². The lowest BCUT2D eigenvalue weighted by atomic mass is 10.1. The average Bonchev–Trinajstić information content (AvgIpc) is 2.34. The van der Waals surface area contributed by atoms with E-state index in [4.69, 9.17) is 4.74 Å². The van der Waals surface area contributed by atoms with E-state index in [0.29, 0.717) is 18.8 Å². The van der Waals surface area contributed by atoms with Gasteiger partial charge in [-0.3, -0.25) is 4.90 Å².